The molecule has 4 heteroatoms. The van der Waals surface area contributed by atoms with Crippen LogP contribution in [0.15, 0.2) is 59.5 Å². The predicted octanol–water partition coefficient (Wildman–Crippen LogP) is 2.91. The summed E-state index contributed by atoms with van der Waals surface area (Å²) in [6.07, 6.45) is 1.52. The zero-order chi connectivity index (χ0) is 15.4. The Balaban J connectivity index is 1.65. The smallest absolute Gasteiger partial charge is 0.237 e. The number of hydrogen-bond donors (Lipinski definition) is 2. The van der Waals surface area contributed by atoms with Gasteiger partial charge in [-0.25, -0.2) is 0 Å². The standard InChI is InChI=1S/C18H20N2OS/c19-15(12-13-6-2-1-3-7-13)18(21)20-16-10-11-22-17-9-5-4-8-14(16)17/h1-9,15-16H,10-12,19H2,(H,20,21)/t15-,16?/m0/s1. The number of benzene rings is 2. The summed E-state index contributed by atoms with van der Waals surface area (Å²) in [6.45, 7) is 0. The molecule has 22 heavy (non-hydrogen) atoms. The molecule has 0 spiro atoms. The zero-order valence-electron chi connectivity index (χ0n) is 12.4. The third-order valence-electron chi connectivity index (χ3n) is 3.91. The Bertz CT molecular complexity index is 645. The molecule has 1 aliphatic heterocycles. The Morgan fingerprint density at radius 3 is 2.73 bits per heavy atom. The Morgan fingerprint density at radius 2 is 1.91 bits per heavy atom. The lowest BCUT2D eigenvalue weighted by Crippen LogP contribution is -2.44. The number of nitrogens with one attached hydrogen (secondary N) is 1. The van der Waals surface area contributed by atoms with E-state index in [1.807, 2.05) is 54.2 Å². The molecule has 1 heterocycles. The lowest BCUT2D eigenvalue weighted by molar-refractivity contribution is -0.123. The fourth-order valence-corrected chi connectivity index (χ4v) is 3.86. The van der Waals surface area contributed by atoms with Gasteiger partial charge in [0.15, 0.2) is 0 Å². The fraction of sp³-hybridized carbons (Fsp3) is 0.278. The molecule has 2 aromatic rings. The number of rotatable bonds is 4. The highest BCUT2D eigenvalue weighted by molar-refractivity contribution is 7.99. The van der Waals surface area contributed by atoms with Crippen molar-refractivity contribution in [3.8, 4) is 0 Å². The predicted molar refractivity (Wildman–Crippen MR) is 90.8 cm³/mol. The molecule has 0 radical (unpaired) electrons. The Morgan fingerprint density at radius 1 is 1.18 bits per heavy atom. The summed E-state index contributed by atoms with van der Waals surface area (Å²) in [5.74, 6) is 0.950. The van der Waals surface area contributed by atoms with Crippen LogP contribution in [0.25, 0.3) is 0 Å². The Hall–Kier alpha value is -1.78. The van der Waals surface area contributed by atoms with Gasteiger partial charge in [-0.2, -0.15) is 0 Å². The number of thioether (sulfide) groups is 1. The van der Waals surface area contributed by atoms with Crippen LogP contribution in [0.2, 0.25) is 0 Å². The van der Waals surface area contributed by atoms with Gasteiger partial charge in [0.1, 0.15) is 0 Å². The molecule has 2 atom stereocenters. The Kier molecular flexibility index (Phi) is 4.80. The van der Waals surface area contributed by atoms with Gasteiger partial charge < -0.3 is 11.1 Å². The third kappa shape index (κ3) is 3.51. The summed E-state index contributed by atoms with van der Waals surface area (Å²) in [5, 5.41) is 3.12. The minimum absolute atomic E-state index is 0.0736. The first-order chi connectivity index (χ1) is 10.7. The van der Waals surface area contributed by atoms with E-state index in [0.717, 1.165) is 17.7 Å². The number of hydrogen-bond acceptors (Lipinski definition) is 3. The summed E-state index contributed by atoms with van der Waals surface area (Å²) < 4.78 is 0. The minimum atomic E-state index is -0.510. The second-order valence-corrected chi connectivity index (χ2v) is 6.67. The first-order valence-electron chi connectivity index (χ1n) is 7.55. The second kappa shape index (κ2) is 6.99. The van der Waals surface area contributed by atoms with Gasteiger partial charge in [0.25, 0.3) is 0 Å². The van der Waals surface area contributed by atoms with Crippen molar-refractivity contribution < 1.29 is 4.79 Å². The number of carbonyl (C=O) groups is 1. The molecule has 0 aliphatic carbocycles. The van der Waals surface area contributed by atoms with Crippen LogP contribution in [0.5, 0.6) is 0 Å². The first kappa shape index (κ1) is 15.1. The van der Waals surface area contributed by atoms with Gasteiger partial charge in [0.2, 0.25) is 5.91 Å². The molecule has 0 saturated carbocycles. The molecule has 2 aromatic carbocycles. The molecule has 3 rings (SSSR count). The molecule has 0 fully saturated rings. The van der Waals surface area contributed by atoms with Gasteiger partial charge in [0, 0.05) is 10.6 Å². The molecule has 1 amide bonds. The van der Waals surface area contributed by atoms with E-state index in [4.69, 9.17) is 5.73 Å². The van der Waals surface area contributed by atoms with E-state index in [-0.39, 0.29) is 11.9 Å². The maximum Gasteiger partial charge on any atom is 0.237 e. The van der Waals surface area contributed by atoms with Crippen molar-refractivity contribution in [1.82, 2.24) is 5.32 Å². The highest BCUT2D eigenvalue weighted by atomic mass is 32.2. The fourth-order valence-electron chi connectivity index (χ4n) is 2.73. The zero-order valence-corrected chi connectivity index (χ0v) is 13.2. The van der Waals surface area contributed by atoms with Crippen molar-refractivity contribution in [1.29, 1.82) is 0 Å². The maximum atomic E-state index is 12.4. The molecule has 0 bridgehead atoms. The molecule has 0 saturated heterocycles. The van der Waals surface area contributed by atoms with Gasteiger partial charge in [-0.1, -0.05) is 48.5 Å². The van der Waals surface area contributed by atoms with E-state index in [1.54, 1.807) is 0 Å². The van der Waals surface area contributed by atoms with E-state index in [2.05, 4.69) is 17.4 Å². The van der Waals surface area contributed by atoms with Crippen LogP contribution in [-0.2, 0) is 11.2 Å². The average molecular weight is 312 g/mol. The Labute approximate surface area is 135 Å². The van der Waals surface area contributed by atoms with Crippen LogP contribution in [-0.4, -0.2) is 17.7 Å². The number of amides is 1. The van der Waals surface area contributed by atoms with E-state index in [0.29, 0.717) is 6.42 Å². The SMILES string of the molecule is N[C@@H](Cc1ccccc1)C(=O)NC1CCSc2ccccc21. The van der Waals surface area contributed by atoms with E-state index >= 15 is 0 Å². The highest BCUT2D eigenvalue weighted by Crippen LogP contribution is 2.35. The van der Waals surface area contributed by atoms with Crippen LogP contribution in [0, 0.1) is 0 Å². The third-order valence-corrected chi connectivity index (χ3v) is 5.03. The molecular weight excluding hydrogens is 292 g/mol. The first-order valence-corrected chi connectivity index (χ1v) is 8.54. The average Bonchev–Trinajstić information content (AvgIpc) is 2.56. The second-order valence-electron chi connectivity index (χ2n) is 5.53. The van der Waals surface area contributed by atoms with Crippen molar-refractivity contribution in [3.05, 3.63) is 65.7 Å². The van der Waals surface area contributed by atoms with E-state index < -0.39 is 6.04 Å². The highest BCUT2D eigenvalue weighted by Gasteiger charge is 2.24. The van der Waals surface area contributed by atoms with Gasteiger partial charge in [0.05, 0.1) is 12.1 Å². The summed E-state index contributed by atoms with van der Waals surface area (Å²) in [6, 6.07) is 17.7. The van der Waals surface area contributed by atoms with Crippen LogP contribution >= 0.6 is 11.8 Å². The number of carbonyl (C=O) groups excluding carboxylic acids is 1. The van der Waals surface area contributed by atoms with E-state index in [1.165, 1.54) is 10.5 Å². The molecule has 0 aromatic heterocycles. The van der Waals surface area contributed by atoms with Crippen molar-refractivity contribution in [2.45, 2.75) is 29.8 Å². The van der Waals surface area contributed by atoms with Crippen molar-refractivity contribution >= 4 is 17.7 Å². The lowest BCUT2D eigenvalue weighted by atomic mass is 10.0. The van der Waals surface area contributed by atoms with Crippen LogP contribution < -0.4 is 11.1 Å². The van der Waals surface area contributed by atoms with Crippen molar-refractivity contribution in [2.24, 2.45) is 5.73 Å². The summed E-state index contributed by atoms with van der Waals surface area (Å²) in [5.41, 5.74) is 8.36. The molecule has 3 N–H and O–H groups in total. The van der Waals surface area contributed by atoms with Gasteiger partial charge in [-0.05, 0) is 30.0 Å². The molecule has 1 aliphatic rings. The summed E-state index contributed by atoms with van der Waals surface area (Å²) in [4.78, 5) is 13.6. The molecule has 1 unspecified atom stereocenters. The quantitative estimate of drug-likeness (QED) is 0.912. The normalized spacial score (nSPS) is 18.3. The van der Waals surface area contributed by atoms with Gasteiger partial charge >= 0.3 is 0 Å². The largest absolute Gasteiger partial charge is 0.348 e. The van der Waals surface area contributed by atoms with Crippen LogP contribution in [0.1, 0.15) is 23.6 Å². The molecule has 114 valence electrons. The van der Waals surface area contributed by atoms with Crippen LogP contribution in [0.4, 0.5) is 0 Å². The summed E-state index contributed by atoms with van der Waals surface area (Å²) >= 11 is 1.85. The van der Waals surface area contributed by atoms with Crippen molar-refractivity contribution in [2.75, 3.05) is 5.75 Å². The number of fused-ring (bicyclic) bond motifs is 1. The van der Waals surface area contributed by atoms with Gasteiger partial charge in [-0.15, -0.1) is 11.8 Å². The summed E-state index contributed by atoms with van der Waals surface area (Å²) in [7, 11) is 0. The molecule has 3 nitrogen and oxygen atoms in total. The maximum absolute atomic E-state index is 12.4. The van der Waals surface area contributed by atoms with E-state index in [9.17, 15) is 4.79 Å². The topological polar surface area (TPSA) is 55.1 Å². The van der Waals surface area contributed by atoms with Crippen molar-refractivity contribution in [3.63, 3.8) is 0 Å². The van der Waals surface area contributed by atoms with Crippen LogP contribution in [0.3, 0.4) is 0 Å². The number of nitrogens with two attached hydrogens (primary N) is 1. The monoisotopic (exact) mass is 312 g/mol. The lowest BCUT2D eigenvalue weighted by Gasteiger charge is -2.27. The van der Waals surface area contributed by atoms with Gasteiger partial charge in [-0.3, -0.25) is 4.79 Å². The molecular formula is C18H20N2OS. The minimum Gasteiger partial charge on any atom is -0.348 e.